The molecular formula is C15H20ClN3O2. The van der Waals surface area contributed by atoms with Gasteiger partial charge in [0.2, 0.25) is 11.8 Å². The second kappa shape index (κ2) is 6.43. The lowest BCUT2D eigenvalue weighted by Crippen LogP contribution is -2.62. The van der Waals surface area contributed by atoms with Gasteiger partial charge < -0.3 is 10.2 Å². The van der Waals surface area contributed by atoms with E-state index in [1.54, 1.807) is 30.3 Å². The van der Waals surface area contributed by atoms with E-state index < -0.39 is 12.1 Å². The van der Waals surface area contributed by atoms with Crippen molar-refractivity contribution in [3.8, 4) is 0 Å². The second-order valence-corrected chi connectivity index (χ2v) is 6.22. The first kappa shape index (κ1) is 15.8. The Morgan fingerprint density at radius 3 is 2.76 bits per heavy atom. The van der Waals surface area contributed by atoms with E-state index in [4.69, 9.17) is 11.6 Å². The van der Waals surface area contributed by atoms with E-state index in [2.05, 4.69) is 10.3 Å². The minimum absolute atomic E-state index is 0.0758. The third-order valence-electron chi connectivity index (χ3n) is 3.58. The van der Waals surface area contributed by atoms with Gasteiger partial charge in [0.25, 0.3) is 0 Å². The molecule has 5 nitrogen and oxygen atoms in total. The van der Waals surface area contributed by atoms with Gasteiger partial charge in [-0.05, 0) is 30.9 Å². The Bertz CT molecular complexity index is 547. The summed E-state index contributed by atoms with van der Waals surface area (Å²) < 4.78 is 0. The molecule has 0 aromatic carbocycles. The minimum Gasteiger partial charge on any atom is -0.343 e. The number of carbonyl (C=O) groups excluding carboxylic acids is 2. The average Bonchev–Trinajstić information content (AvgIpc) is 2.42. The number of nitrogens with one attached hydrogen (secondary N) is 1. The molecule has 114 valence electrons. The summed E-state index contributed by atoms with van der Waals surface area (Å²) in [5.74, 6) is 0.145. The van der Waals surface area contributed by atoms with E-state index in [-0.39, 0.29) is 11.8 Å². The van der Waals surface area contributed by atoms with Gasteiger partial charge in [-0.1, -0.05) is 25.4 Å². The minimum atomic E-state index is -0.499. The maximum absolute atomic E-state index is 12.4. The topological polar surface area (TPSA) is 62.3 Å². The molecule has 1 aliphatic heterocycles. The van der Waals surface area contributed by atoms with Crippen LogP contribution in [0.3, 0.4) is 0 Å². The van der Waals surface area contributed by atoms with Crippen LogP contribution >= 0.6 is 11.6 Å². The lowest BCUT2D eigenvalue weighted by molar-refractivity contribution is -0.150. The Kier molecular flexibility index (Phi) is 4.83. The molecule has 6 heteroatoms. The van der Waals surface area contributed by atoms with Gasteiger partial charge in [-0.2, -0.15) is 0 Å². The Morgan fingerprint density at radius 2 is 2.14 bits per heavy atom. The van der Waals surface area contributed by atoms with Crippen LogP contribution in [0, 0.1) is 5.92 Å². The van der Waals surface area contributed by atoms with Crippen molar-refractivity contribution in [2.45, 2.75) is 45.8 Å². The molecule has 1 aromatic heterocycles. The summed E-state index contributed by atoms with van der Waals surface area (Å²) >= 11 is 6.12. The number of piperazine rings is 1. The summed E-state index contributed by atoms with van der Waals surface area (Å²) in [6.45, 7) is 6.10. The number of nitrogens with zero attached hydrogens (tertiary/aromatic N) is 2. The Balaban J connectivity index is 2.27. The van der Waals surface area contributed by atoms with Crippen molar-refractivity contribution < 1.29 is 9.59 Å². The van der Waals surface area contributed by atoms with Crippen molar-refractivity contribution >= 4 is 23.4 Å². The number of hydrogen-bond acceptors (Lipinski definition) is 3. The highest BCUT2D eigenvalue weighted by Crippen LogP contribution is 2.23. The highest BCUT2D eigenvalue weighted by molar-refractivity contribution is 6.31. The van der Waals surface area contributed by atoms with Gasteiger partial charge in [-0.15, -0.1) is 0 Å². The molecule has 0 aliphatic carbocycles. The summed E-state index contributed by atoms with van der Waals surface area (Å²) in [6.07, 6.45) is 3.82. The molecule has 0 saturated carbocycles. The van der Waals surface area contributed by atoms with Crippen molar-refractivity contribution in [1.82, 2.24) is 15.2 Å². The van der Waals surface area contributed by atoms with E-state index >= 15 is 0 Å². The van der Waals surface area contributed by atoms with Crippen LogP contribution in [-0.4, -0.2) is 33.8 Å². The molecule has 2 amide bonds. The molecule has 1 fully saturated rings. The van der Waals surface area contributed by atoms with Crippen LogP contribution in [0.1, 0.15) is 32.8 Å². The fourth-order valence-corrected chi connectivity index (χ4v) is 2.68. The molecular weight excluding hydrogens is 290 g/mol. The molecule has 21 heavy (non-hydrogen) atoms. The monoisotopic (exact) mass is 309 g/mol. The van der Waals surface area contributed by atoms with Crippen molar-refractivity contribution in [2.24, 2.45) is 5.92 Å². The van der Waals surface area contributed by atoms with E-state index in [1.165, 1.54) is 0 Å². The van der Waals surface area contributed by atoms with Crippen molar-refractivity contribution in [3.05, 3.63) is 29.0 Å². The van der Waals surface area contributed by atoms with Gasteiger partial charge in [-0.3, -0.25) is 14.6 Å². The van der Waals surface area contributed by atoms with Crippen molar-refractivity contribution in [2.75, 3.05) is 0 Å². The molecule has 1 N–H and O–H groups in total. The number of amides is 2. The molecule has 2 rings (SSSR count). The second-order valence-electron chi connectivity index (χ2n) is 5.81. The predicted molar refractivity (Wildman–Crippen MR) is 80.6 cm³/mol. The molecule has 2 heterocycles. The molecule has 2 atom stereocenters. The summed E-state index contributed by atoms with van der Waals surface area (Å²) in [5.41, 5.74) is 0.802. The van der Waals surface area contributed by atoms with E-state index in [0.717, 1.165) is 5.56 Å². The van der Waals surface area contributed by atoms with Crippen LogP contribution in [0.4, 0.5) is 0 Å². The van der Waals surface area contributed by atoms with Gasteiger partial charge in [-0.25, -0.2) is 0 Å². The molecule has 1 saturated heterocycles. The third-order valence-corrected chi connectivity index (χ3v) is 3.92. The molecule has 0 bridgehead atoms. The number of rotatable bonds is 4. The zero-order chi connectivity index (χ0) is 15.6. The van der Waals surface area contributed by atoms with E-state index in [9.17, 15) is 9.59 Å². The maximum atomic E-state index is 12.4. The molecule has 0 radical (unpaired) electrons. The normalized spacial score (nSPS) is 22.6. The van der Waals surface area contributed by atoms with Gasteiger partial charge in [0, 0.05) is 18.9 Å². The first-order valence-corrected chi connectivity index (χ1v) is 7.47. The largest absolute Gasteiger partial charge is 0.343 e. The quantitative estimate of drug-likeness (QED) is 0.925. The average molecular weight is 310 g/mol. The first-order valence-electron chi connectivity index (χ1n) is 7.09. The van der Waals surface area contributed by atoms with Gasteiger partial charge in [0.15, 0.2) is 0 Å². The molecule has 1 aromatic rings. The van der Waals surface area contributed by atoms with Crippen LogP contribution in [0.2, 0.25) is 5.02 Å². The summed E-state index contributed by atoms with van der Waals surface area (Å²) in [7, 11) is 0. The summed E-state index contributed by atoms with van der Waals surface area (Å²) in [5, 5.41) is 3.25. The summed E-state index contributed by atoms with van der Waals surface area (Å²) in [6, 6.07) is 0.832. The number of carbonyl (C=O) groups is 2. The van der Waals surface area contributed by atoms with Crippen LogP contribution in [0.15, 0.2) is 18.5 Å². The number of pyridine rings is 1. The number of hydrogen-bond donors (Lipinski definition) is 1. The fourth-order valence-electron chi connectivity index (χ4n) is 2.50. The zero-order valence-corrected chi connectivity index (χ0v) is 13.2. The molecule has 0 spiro atoms. The first-order chi connectivity index (χ1) is 9.90. The smallest absolute Gasteiger partial charge is 0.245 e. The number of aromatic nitrogens is 1. The highest BCUT2D eigenvalue weighted by atomic mass is 35.5. The lowest BCUT2D eigenvalue weighted by atomic mass is 9.97. The zero-order valence-electron chi connectivity index (χ0n) is 12.5. The van der Waals surface area contributed by atoms with Gasteiger partial charge >= 0.3 is 0 Å². The SMILES string of the molecule is CC(C)CC1C(=O)NC(C)C(=O)N1Cc1ccncc1Cl. The van der Waals surface area contributed by atoms with Crippen LogP contribution in [0.25, 0.3) is 0 Å². The van der Waals surface area contributed by atoms with Gasteiger partial charge in [0.1, 0.15) is 12.1 Å². The van der Waals surface area contributed by atoms with E-state index in [0.29, 0.717) is 23.9 Å². The predicted octanol–water partition coefficient (Wildman–Crippen LogP) is 2.00. The van der Waals surface area contributed by atoms with Crippen LogP contribution < -0.4 is 5.32 Å². The fraction of sp³-hybridized carbons (Fsp3) is 0.533. The van der Waals surface area contributed by atoms with Gasteiger partial charge in [0.05, 0.1) is 5.02 Å². The Hall–Kier alpha value is -1.62. The molecule has 2 unspecified atom stereocenters. The standard InChI is InChI=1S/C15H20ClN3O2/c1-9(2)6-13-14(20)18-10(3)15(21)19(13)8-11-4-5-17-7-12(11)16/h4-5,7,9-10,13H,6,8H2,1-3H3,(H,18,20). The Morgan fingerprint density at radius 1 is 1.43 bits per heavy atom. The molecule has 1 aliphatic rings. The van der Waals surface area contributed by atoms with E-state index in [1.807, 2.05) is 13.8 Å². The summed E-state index contributed by atoms with van der Waals surface area (Å²) in [4.78, 5) is 30.2. The Labute approximate surface area is 129 Å². The van der Waals surface area contributed by atoms with Crippen LogP contribution in [-0.2, 0) is 16.1 Å². The number of halogens is 1. The lowest BCUT2D eigenvalue weighted by Gasteiger charge is -2.38. The third kappa shape index (κ3) is 3.53. The van der Waals surface area contributed by atoms with Crippen molar-refractivity contribution in [3.63, 3.8) is 0 Å². The highest BCUT2D eigenvalue weighted by Gasteiger charge is 2.38. The van der Waals surface area contributed by atoms with Crippen LogP contribution in [0.5, 0.6) is 0 Å². The maximum Gasteiger partial charge on any atom is 0.245 e. The van der Waals surface area contributed by atoms with Crippen molar-refractivity contribution in [1.29, 1.82) is 0 Å².